The fraction of sp³-hybridized carbons (Fsp3) is 0.208. The maximum absolute atomic E-state index is 12.6. The molecule has 0 aromatic heterocycles. The fourth-order valence-electron chi connectivity index (χ4n) is 2.88. The molecular weight excluding hydrogens is 412 g/mol. The maximum Gasteiger partial charge on any atom is 0.265 e. The molecule has 1 atom stereocenters. The number of amides is 1. The summed E-state index contributed by atoms with van der Waals surface area (Å²) < 4.78 is 33.5. The SMILES string of the molecule is CC[C@H](Oc1ccc(C)cc1)C(=O)Nc1ccc(S(=O)(=O)Nc2ccc(C)cc2)cc1. The molecule has 162 valence electrons. The number of carbonyl (C=O) groups is 1. The average Bonchev–Trinajstić information content (AvgIpc) is 2.75. The Hall–Kier alpha value is -3.32. The van der Waals surface area contributed by atoms with E-state index < -0.39 is 16.1 Å². The monoisotopic (exact) mass is 438 g/mol. The number of ether oxygens (including phenoxy) is 1. The van der Waals surface area contributed by atoms with Gasteiger partial charge in [0.05, 0.1) is 4.90 Å². The number of sulfonamides is 1. The van der Waals surface area contributed by atoms with Crippen molar-refractivity contribution in [2.75, 3.05) is 10.0 Å². The molecule has 0 fully saturated rings. The van der Waals surface area contributed by atoms with Crippen molar-refractivity contribution in [3.8, 4) is 5.75 Å². The van der Waals surface area contributed by atoms with Crippen molar-refractivity contribution in [2.24, 2.45) is 0 Å². The van der Waals surface area contributed by atoms with Crippen LogP contribution in [-0.4, -0.2) is 20.4 Å². The van der Waals surface area contributed by atoms with E-state index in [0.717, 1.165) is 11.1 Å². The van der Waals surface area contributed by atoms with Crippen molar-refractivity contribution in [2.45, 2.75) is 38.2 Å². The van der Waals surface area contributed by atoms with Crippen molar-refractivity contribution in [3.63, 3.8) is 0 Å². The Balaban J connectivity index is 1.65. The molecular formula is C24H26N2O4S. The van der Waals surface area contributed by atoms with Gasteiger partial charge in [0, 0.05) is 11.4 Å². The molecule has 31 heavy (non-hydrogen) atoms. The van der Waals surface area contributed by atoms with Crippen LogP contribution < -0.4 is 14.8 Å². The zero-order valence-corrected chi connectivity index (χ0v) is 18.6. The van der Waals surface area contributed by atoms with Crippen molar-refractivity contribution in [1.29, 1.82) is 0 Å². The Labute approximate surface area is 183 Å². The Bertz CT molecular complexity index is 1120. The molecule has 3 aromatic rings. The smallest absolute Gasteiger partial charge is 0.265 e. The van der Waals surface area contributed by atoms with Gasteiger partial charge in [0.15, 0.2) is 6.10 Å². The first-order valence-corrected chi connectivity index (χ1v) is 11.5. The van der Waals surface area contributed by atoms with Gasteiger partial charge < -0.3 is 10.1 Å². The molecule has 0 saturated heterocycles. The highest BCUT2D eigenvalue weighted by Crippen LogP contribution is 2.20. The van der Waals surface area contributed by atoms with Gasteiger partial charge in [-0.1, -0.05) is 42.3 Å². The standard InChI is InChI=1S/C24H26N2O4S/c1-4-23(30-21-13-7-18(3)8-14-21)24(27)25-19-11-15-22(16-12-19)31(28,29)26-20-9-5-17(2)6-10-20/h5-16,23,26H,4H2,1-3H3,(H,25,27)/t23-/m0/s1. The summed E-state index contributed by atoms with van der Waals surface area (Å²) in [6.45, 7) is 5.78. The lowest BCUT2D eigenvalue weighted by molar-refractivity contribution is -0.122. The van der Waals surface area contributed by atoms with E-state index in [2.05, 4.69) is 10.0 Å². The summed E-state index contributed by atoms with van der Waals surface area (Å²) >= 11 is 0. The predicted octanol–water partition coefficient (Wildman–Crippen LogP) is 4.90. The number of benzene rings is 3. The fourth-order valence-corrected chi connectivity index (χ4v) is 3.94. The topological polar surface area (TPSA) is 84.5 Å². The van der Waals surface area contributed by atoms with Gasteiger partial charge in [-0.15, -0.1) is 0 Å². The first-order chi connectivity index (χ1) is 14.8. The van der Waals surface area contributed by atoms with Crippen LogP contribution in [0.4, 0.5) is 11.4 Å². The van der Waals surface area contributed by atoms with Crippen molar-refractivity contribution in [3.05, 3.63) is 83.9 Å². The second kappa shape index (κ2) is 9.66. The molecule has 3 rings (SSSR count). The van der Waals surface area contributed by atoms with Crippen LogP contribution >= 0.6 is 0 Å². The zero-order chi connectivity index (χ0) is 22.4. The van der Waals surface area contributed by atoms with Gasteiger partial charge in [0.25, 0.3) is 15.9 Å². The summed E-state index contributed by atoms with van der Waals surface area (Å²) in [7, 11) is -3.72. The van der Waals surface area contributed by atoms with E-state index in [-0.39, 0.29) is 10.8 Å². The first-order valence-electron chi connectivity index (χ1n) is 10.0. The maximum atomic E-state index is 12.6. The van der Waals surface area contributed by atoms with Crippen LogP contribution in [0.1, 0.15) is 24.5 Å². The highest BCUT2D eigenvalue weighted by molar-refractivity contribution is 7.92. The van der Waals surface area contributed by atoms with E-state index in [9.17, 15) is 13.2 Å². The summed E-state index contributed by atoms with van der Waals surface area (Å²) in [5.74, 6) is 0.327. The van der Waals surface area contributed by atoms with Crippen LogP contribution in [0.5, 0.6) is 5.75 Å². The Morgan fingerprint density at radius 1 is 0.839 bits per heavy atom. The largest absolute Gasteiger partial charge is 0.481 e. The van der Waals surface area contributed by atoms with E-state index in [1.807, 2.05) is 57.2 Å². The van der Waals surface area contributed by atoms with Gasteiger partial charge in [0.2, 0.25) is 0 Å². The normalized spacial score (nSPS) is 12.1. The summed E-state index contributed by atoms with van der Waals surface area (Å²) in [4.78, 5) is 12.7. The third-order valence-corrected chi connectivity index (χ3v) is 6.10. The van der Waals surface area contributed by atoms with Crippen LogP contribution in [0.15, 0.2) is 77.7 Å². The summed E-state index contributed by atoms with van der Waals surface area (Å²) in [5, 5.41) is 2.78. The summed E-state index contributed by atoms with van der Waals surface area (Å²) in [6.07, 6.45) is -0.165. The number of aryl methyl sites for hydroxylation is 2. The minimum Gasteiger partial charge on any atom is -0.481 e. The number of carbonyl (C=O) groups excluding carboxylic acids is 1. The van der Waals surface area contributed by atoms with E-state index in [1.54, 1.807) is 24.3 Å². The van der Waals surface area contributed by atoms with Gasteiger partial charge in [-0.3, -0.25) is 9.52 Å². The van der Waals surface area contributed by atoms with Crippen LogP contribution in [0.3, 0.4) is 0 Å². The molecule has 0 aliphatic heterocycles. The minimum atomic E-state index is -3.72. The lowest BCUT2D eigenvalue weighted by atomic mass is 10.2. The Morgan fingerprint density at radius 2 is 1.35 bits per heavy atom. The number of rotatable bonds is 8. The van der Waals surface area contributed by atoms with Crippen molar-refractivity contribution >= 4 is 27.3 Å². The first kappa shape index (κ1) is 22.4. The van der Waals surface area contributed by atoms with E-state index in [1.165, 1.54) is 12.1 Å². The van der Waals surface area contributed by atoms with Crippen LogP contribution in [-0.2, 0) is 14.8 Å². The molecule has 0 unspecified atom stereocenters. The van der Waals surface area contributed by atoms with Gasteiger partial charge in [0.1, 0.15) is 5.75 Å². The van der Waals surface area contributed by atoms with Crippen molar-refractivity contribution < 1.29 is 17.9 Å². The molecule has 0 aliphatic rings. The zero-order valence-electron chi connectivity index (χ0n) is 17.8. The Morgan fingerprint density at radius 3 is 1.90 bits per heavy atom. The van der Waals surface area contributed by atoms with E-state index in [4.69, 9.17) is 4.74 Å². The van der Waals surface area contributed by atoms with Gasteiger partial charge in [-0.25, -0.2) is 8.42 Å². The Kier molecular flexibility index (Phi) is 6.97. The lowest BCUT2D eigenvalue weighted by Crippen LogP contribution is -2.32. The number of hydrogen-bond acceptors (Lipinski definition) is 4. The summed E-state index contributed by atoms with van der Waals surface area (Å²) in [6, 6.07) is 20.6. The highest BCUT2D eigenvalue weighted by atomic mass is 32.2. The molecule has 1 amide bonds. The van der Waals surface area contributed by atoms with E-state index in [0.29, 0.717) is 23.5 Å². The van der Waals surface area contributed by atoms with E-state index >= 15 is 0 Å². The second-order valence-electron chi connectivity index (χ2n) is 7.31. The molecule has 0 heterocycles. The highest BCUT2D eigenvalue weighted by Gasteiger charge is 2.19. The molecule has 0 aliphatic carbocycles. The molecule has 3 aromatic carbocycles. The molecule has 0 radical (unpaired) electrons. The molecule has 7 heteroatoms. The number of anilines is 2. The number of nitrogens with one attached hydrogen (secondary N) is 2. The molecule has 6 nitrogen and oxygen atoms in total. The lowest BCUT2D eigenvalue weighted by Gasteiger charge is -2.17. The van der Waals surface area contributed by atoms with Crippen molar-refractivity contribution in [1.82, 2.24) is 0 Å². The number of hydrogen-bond donors (Lipinski definition) is 2. The third-order valence-electron chi connectivity index (χ3n) is 4.70. The van der Waals surface area contributed by atoms with Crippen LogP contribution in [0, 0.1) is 13.8 Å². The molecule has 0 saturated carbocycles. The molecule has 2 N–H and O–H groups in total. The predicted molar refractivity (Wildman–Crippen MR) is 123 cm³/mol. The minimum absolute atomic E-state index is 0.106. The van der Waals surface area contributed by atoms with Gasteiger partial charge in [-0.2, -0.15) is 0 Å². The van der Waals surface area contributed by atoms with Crippen LogP contribution in [0.2, 0.25) is 0 Å². The van der Waals surface area contributed by atoms with Crippen LogP contribution in [0.25, 0.3) is 0 Å². The molecule has 0 bridgehead atoms. The third kappa shape index (κ3) is 6.08. The molecule has 0 spiro atoms. The summed E-state index contributed by atoms with van der Waals surface area (Å²) in [5.41, 5.74) is 3.13. The quantitative estimate of drug-likeness (QED) is 0.524. The van der Waals surface area contributed by atoms with Gasteiger partial charge >= 0.3 is 0 Å². The van der Waals surface area contributed by atoms with Gasteiger partial charge in [-0.05, 0) is 68.8 Å². The second-order valence-corrected chi connectivity index (χ2v) is 9.00. The average molecular weight is 439 g/mol.